The zero-order valence-corrected chi connectivity index (χ0v) is 10.2. The summed E-state index contributed by atoms with van der Waals surface area (Å²) in [6.45, 7) is 1.92. The molecule has 0 aliphatic rings. The van der Waals surface area contributed by atoms with Crippen LogP contribution in [0.4, 0.5) is 4.39 Å². The molecule has 0 saturated heterocycles. The van der Waals surface area contributed by atoms with E-state index in [1.807, 2.05) is 19.1 Å². The van der Waals surface area contributed by atoms with E-state index in [9.17, 15) is 4.39 Å². The van der Waals surface area contributed by atoms with E-state index in [0.29, 0.717) is 0 Å². The van der Waals surface area contributed by atoms with Crippen LogP contribution in [-0.4, -0.2) is 4.98 Å². The molecule has 0 spiro atoms. The highest BCUT2D eigenvalue weighted by atomic mass is 32.2. The van der Waals surface area contributed by atoms with Gasteiger partial charge in [-0.1, -0.05) is 17.8 Å². The van der Waals surface area contributed by atoms with Crippen molar-refractivity contribution in [1.82, 2.24) is 4.98 Å². The van der Waals surface area contributed by atoms with Gasteiger partial charge in [-0.2, -0.15) is 0 Å². The van der Waals surface area contributed by atoms with Crippen LogP contribution in [-0.2, 0) is 0 Å². The summed E-state index contributed by atoms with van der Waals surface area (Å²) in [6.07, 6.45) is 1.73. The Hall–Kier alpha value is -1.39. The van der Waals surface area contributed by atoms with Crippen LogP contribution < -0.4 is 5.73 Å². The lowest BCUT2D eigenvalue weighted by Crippen LogP contribution is -2.07. The summed E-state index contributed by atoms with van der Waals surface area (Å²) < 4.78 is 12.8. The maximum atomic E-state index is 12.8. The topological polar surface area (TPSA) is 38.9 Å². The van der Waals surface area contributed by atoms with Gasteiger partial charge in [-0.05, 0) is 37.3 Å². The number of hydrogen-bond donors (Lipinski definition) is 1. The lowest BCUT2D eigenvalue weighted by Gasteiger charge is -2.10. The monoisotopic (exact) mass is 248 g/mol. The number of halogens is 1. The lowest BCUT2D eigenvalue weighted by molar-refractivity contribution is 0.626. The Morgan fingerprint density at radius 1 is 1.24 bits per heavy atom. The molecule has 88 valence electrons. The van der Waals surface area contributed by atoms with Crippen molar-refractivity contribution < 1.29 is 4.39 Å². The summed E-state index contributed by atoms with van der Waals surface area (Å²) in [5.74, 6) is -0.234. The van der Waals surface area contributed by atoms with Crippen LogP contribution in [0.5, 0.6) is 0 Å². The third-order valence-electron chi connectivity index (χ3n) is 2.32. The maximum Gasteiger partial charge on any atom is 0.123 e. The van der Waals surface area contributed by atoms with Crippen molar-refractivity contribution in [3.05, 3.63) is 54.0 Å². The number of aromatic nitrogens is 1. The Labute approximate surface area is 104 Å². The molecule has 0 saturated carbocycles. The second-order valence-electron chi connectivity index (χ2n) is 3.74. The van der Waals surface area contributed by atoms with E-state index in [-0.39, 0.29) is 11.9 Å². The Morgan fingerprint density at radius 3 is 2.59 bits per heavy atom. The number of hydrogen-bond acceptors (Lipinski definition) is 3. The second kappa shape index (κ2) is 5.29. The molecule has 2 nitrogen and oxygen atoms in total. The number of nitrogens with zero attached hydrogens (tertiary/aromatic N) is 1. The molecule has 0 radical (unpaired) electrons. The Balaban J connectivity index is 2.26. The van der Waals surface area contributed by atoms with Gasteiger partial charge in [0, 0.05) is 22.7 Å². The summed E-state index contributed by atoms with van der Waals surface area (Å²) in [6, 6.07) is 10.1. The molecule has 0 bridgehead atoms. The summed E-state index contributed by atoms with van der Waals surface area (Å²) in [5.41, 5.74) is 6.88. The van der Waals surface area contributed by atoms with Gasteiger partial charge in [0.2, 0.25) is 0 Å². The molecular formula is C13H13FN2S. The van der Waals surface area contributed by atoms with Gasteiger partial charge in [-0.3, -0.25) is 0 Å². The Kier molecular flexibility index (Phi) is 3.76. The van der Waals surface area contributed by atoms with Crippen molar-refractivity contribution in [2.75, 3.05) is 0 Å². The molecule has 0 amide bonds. The maximum absolute atomic E-state index is 12.8. The molecule has 0 aliphatic heterocycles. The average molecular weight is 248 g/mol. The van der Waals surface area contributed by atoms with E-state index in [4.69, 9.17) is 5.73 Å². The molecule has 1 atom stereocenters. The van der Waals surface area contributed by atoms with E-state index in [1.54, 1.807) is 18.3 Å². The quantitative estimate of drug-likeness (QED) is 0.905. The van der Waals surface area contributed by atoms with Crippen molar-refractivity contribution in [3.63, 3.8) is 0 Å². The van der Waals surface area contributed by atoms with Crippen LogP contribution in [0.3, 0.4) is 0 Å². The van der Waals surface area contributed by atoms with E-state index < -0.39 is 0 Å². The Bertz CT molecular complexity index is 497. The van der Waals surface area contributed by atoms with Gasteiger partial charge >= 0.3 is 0 Å². The van der Waals surface area contributed by atoms with E-state index >= 15 is 0 Å². The van der Waals surface area contributed by atoms with Gasteiger partial charge in [-0.15, -0.1) is 0 Å². The normalized spacial score (nSPS) is 12.4. The van der Waals surface area contributed by atoms with E-state index in [1.165, 1.54) is 23.9 Å². The molecule has 0 unspecified atom stereocenters. The molecule has 2 rings (SSSR count). The highest BCUT2D eigenvalue weighted by Gasteiger charge is 2.08. The van der Waals surface area contributed by atoms with Crippen LogP contribution in [0.15, 0.2) is 52.5 Å². The molecule has 17 heavy (non-hydrogen) atoms. The SMILES string of the molecule is C[C@H](N)c1cccnc1Sc1ccc(F)cc1. The fourth-order valence-corrected chi connectivity index (χ4v) is 2.43. The molecule has 2 N–H and O–H groups in total. The van der Waals surface area contributed by atoms with Crippen molar-refractivity contribution in [1.29, 1.82) is 0 Å². The molecule has 0 fully saturated rings. The first-order chi connectivity index (χ1) is 8.16. The number of pyridine rings is 1. The van der Waals surface area contributed by atoms with Crippen LogP contribution >= 0.6 is 11.8 Å². The van der Waals surface area contributed by atoms with Crippen LogP contribution in [0.25, 0.3) is 0 Å². The lowest BCUT2D eigenvalue weighted by atomic mass is 10.2. The zero-order chi connectivity index (χ0) is 12.3. The minimum Gasteiger partial charge on any atom is -0.324 e. The minimum atomic E-state index is -0.234. The van der Waals surface area contributed by atoms with Gasteiger partial charge in [-0.25, -0.2) is 9.37 Å². The number of benzene rings is 1. The second-order valence-corrected chi connectivity index (χ2v) is 4.80. The predicted octanol–water partition coefficient (Wildman–Crippen LogP) is 3.39. The first-order valence-corrected chi connectivity index (χ1v) is 6.12. The van der Waals surface area contributed by atoms with Gasteiger partial charge in [0.1, 0.15) is 10.8 Å². The fraction of sp³-hybridized carbons (Fsp3) is 0.154. The molecule has 2 aromatic rings. The molecule has 0 aliphatic carbocycles. The largest absolute Gasteiger partial charge is 0.324 e. The summed E-state index contributed by atoms with van der Waals surface area (Å²) in [5, 5.41) is 0.870. The van der Waals surface area contributed by atoms with Gasteiger partial charge in [0.15, 0.2) is 0 Å². The molecule has 4 heteroatoms. The smallest absolute Gasteiger partial charge is 0.123 e. The summed E-state index contributed by atoms with van der Waals surface area (Å²) in [4.78, 5) is 5.26. The number of rotatable bonds is 3. The third-order valence-corrected chi connectivity index (χ3v) is 3.36. The van der Waals surface area contributed by atoms with E-state index in [0.717, 1.165) is 15.5 Å². The zero-order valence-electron chi connectivity index (χ0n) is 9.43. The Morgan fingerprint density at radius 2 is 1.94 bits per heavy atom. The van der Waals surface area contributed by atoms with E-state index in [2.05, 4.69) is 4.98 Å². The molecule has 1 aromatic heterocycles. The van der Waals surface area contributed by atoms with Crippen molar-refractivity contribution in [2.24, 2.45) is 5.73 Å². The average Bonchev–Trinajstić information content (AvgIpc) is 2.32. The van der Waals surface area contributed by atoms with Crippen molar-refractivity contribution in [2.45, 2.75) is 22.9 Å². The highest BCUT2D eigenvalue weighted by Crippen LogP contribution is 2.30. The van der Waals surface area contributed by atoms with Gasteiger partial charge in [0.05, 0.1) is 0 Å². The standard InChI is InChI=1S/C13H13FN2S/c1-9(15)12-3-2-8-16-13(12)17-11-6-4-10(14)5-7-11/h2-9H,15H2,1H3/t9-/m0/s1. The molecular weight excluding hydrogens is 235 g/mol. The highest BCUT2D eigenvalue weighted by molar-refractivity contribution is 7.99. The number of nitrogens with two attached hydrogens (primary N) is 1. The van der Waals surface area contributed by atoms with Gasteiger partial charge in [0.25, 0.3) is 0 Å². The first kappa shape index (κ1) is 12.1. The third kappa shape index (κ3) is 3.05. The van der Waals surface area contributed by atoms with Crippen molar-refractivity contribution in [3.8, 4) is 0 Å². The van der Waals surface area contributed by atoms with Crippen LogP contribution in [0.2, 0.25) is 0 Å². The minimum absolute atomic E-state index is 0.0633. The van der Waals surface area contributed by atoms with Gasteiger partial charge < -0.3 is 5.73 Å². The fourth-order valence-electron chi connectivity index (χ4n) is 1.45. The first-order valence-electron chi connectivity index (χ1n) is 5.31. The van der Waals surface area contributed by atoms with Crippen molar-refractivity contribution >= 4 is 11.8 Å². The molecule has 1 aromatic carbocycles. The van der Waals surface area contributed by atoms with Crippen LogP contribution in [0.1, 0.15) is 18.5 Å². The predicted molar refractivity (Wildman–Crippen MR) is 67.4 cm³/mol. The molecule has 1 heterocycles. The summed E-state index contributed by atoms with van der Waals surface area (Å²) >= 11 is 1.49. The van der Waals surface area contributed by atoms with Crippen LogP contribution in [0, 0.1) is 5.82 Å². The summed E-state index contributed by atoms with van der Waals surface area (Å²) in [7, 11) is 0.